The molecule has 12 rings (SSSR count). The minimum atomic E-state index is -0.485. The van der Waals surface area contributed by atoms with Gasteiger partial charge in [-0.1, -0.05) is 182 Å². The van der Waals surface area contributed by atoms with Crippen LogP contribution in [0.2, 0.25) is 0 Å². The fourth-order valence-corrected chi connectivity index (χ4v) is 9.91. The van der Waals surface area contributed by atoms with Gasteiger partial charge in [0.2, 0.25) is 0 Å². The maximum absolute atomic E-state index is 9.03. The molecule has 0 spiro atoms. The van der Waals surface area contributed by atoms with E-state index in [1.54, 1.807) is 11.3 Å². The first-order chi connectivity index (χ1) is 32.8. The molecule has 0 saturated heterocycles. The van der Waals surface area contributed by atoms with Crippen LogP contribution in [0.4, 0.5) is 0 Å². The van der Waals surface area contributed by atoms with Crippen molar-refractivity contribution < 1.29 is 6.85 Å². The third-order valence-electron chi connectivity index (χ3n) is 11.6. The molecule has 5 heteroatoms. The standard InChI is InChI=1S/C57H36N4S/c1-4-16-37(17-5-1)39-30-32-41(33-31-39)56-58-55(40-20-8-3-9-21-40)59-57(60-56)49-36-44(61-50-27-12-10-24-46(50)47-25-11-13-28-51(47)61)35-48-53-45(26-15-29-52(53)62-54(48)49)43-23-14-22-42(34-43)38-18-6-2-7-19-38/h1-36H/i3D,8D,9D,20D,21D. The van der Waals surface area contributed by atoms with Crippen LogP contribution in [0.15, 0.2) is 218 Å². The fourth-order valence-electron chi connectivity index (χ4n) is 8.69. The molecule has 0 atom stereocenters. The van der Waals surface area contributed by atoms with Crippen molar-refractivity contribution in [2.75, 3.05) is 0 Å². The molecule has 0 saturated carbocycles. The molecule has 0 unspecified atom stereocenters. The van der Waals surface area contributed by atoms with Gasteiger partial charge in [0, 0.05) is 53.3 Å². The molecule has 12 aromatic rings. The normalized spacial score (nSPS) is 12.7. The number of aromatic nitrogens is 4. The topological polar surface area (TPSA) is 43.6 Å². The van der Waals surface area contributed by atoms with Gasteiger partial charge >= 0.3 is 0 Å². The summed E-state index contributed by atoms with van der Waals surface area (Å²) in [6.45, 7) is 0. The Bertz CT molecular complexity index is 3840. The van der Waals surface area contributed by atoms with E-state index in [0.717, 1.165) is 86.6 Å². The number of nitrogens with zero attached hydrogens (tertiary/aromatic N) is 4. The molecule has 4 nitrogen and oxygen atoms in total. The van der Waals surface area contributed by atoms with Gasteiger partial charge in [-0.05, 0) is 69.8 Å². The summed E-state index contributed by atoms with van der Waals surface area (Å²) in [7, 11) is 0. The predicted octanol–water partition coefficient (Wildman–Crippen LogP) is 15.3. The van der Waals surface area contributed by atoms with Crippen LogP contribution in [0, 0.1) is 0 Å². The second-order valence-electron chi connectivity index (χ2n) is 15.2. The SMILES string of the molecule is [2H]c1c([2H])c([2H])c(-c2nc(-c3ccc(-c4ccccc4)cc3)nc(-c3cc(-n4c5ccccc5c5ccccc54)cc4c3sc3cccc(-c5cccc(-c6ccccc6)c5)c34)n2)c([2H])c1[2H]. The van der Waals surface area contributed by atoms with Crippen molar-refractivity contribution in [1.29, 1.82) is 0 Å². The Kier molecular flexibility index (Phi) is 7.46. The molecule has 0 amide bonds. The van der Waals surface area contributed by atoms with Crippen molar-refractivity contribution in [2.45, 2.75) is 0 Å². The van der Waals surface area contributed by atoms with E-state index >= 15 is 0 Å². The van der Waals surface area contributed by atoms with E-state index in [1.807, 2.05) is 48.5 Å². The maximum Gasteiger partial charge on any atom is 0.165 e. The van der Waals surface area contributed by atoms with Gasteiger partial charge < -0.3 is 4.57 Å². The minimum absolute atomic E-state index is 0.0147. The van der Waals surface area contributed by atoms with E-state index in [1.165, 1.54) is 0 Å². The van der Waals surface area contributed by atoms with Crippen LogP contribution in [0.1, 0.15) is 6.85 Å². The number of benzene rings is 9. The summed E-state index contributed by atoms with van der Waals surface area (Å²) in [6.07, 6.45) is 0. The molecule has 9 aromatic carbocycles. The van der Waals surface area contributed by atoms with Crippen LogP contribution in [-0.2, 0) is 0 Å². The minimum Gasteiger partial charge on any atom is -0.309 e. The maximum atomic E-state index is 9.03. The van der Waals surface area contributed by atoms with Gasteiger partial charge in [-0.3, -0.25) is 0 Å². The second kappa shape index (κ2) is 14.9. The number of para-hydroxylation sites is 2. The van der Waals surface area contributed by atoms with Crippen molar-refractivity contribution in [3.63, 3.8) is 0 Å². The molecule has 3 heterocycles. The van der Waals surface area contributed by atoms with E-state index < -0.39 is 18.1 Å². The number of hydrogen-bond donors (Lipinski definition) is 0. The van der Waals surface area contributed by atoms with Crippen LogP contribution in [0.5, 0.6) is 0 Å². The smallest absolute Gasteiger partial charge is 0.165 e. The van der Waals surface area contributed by atoms with E-state index in [9.17, 15) is 0 Å². The first-order valence-electron chi connectivity index (χ1n) is 22.9. The summed E-state index contributed by atoms with van der Waals surface area (Å²) in [5.74, 6) is 0.603. The summed E-state index contributed by atoms with van der Waals surface area (Å²) in [5, 5.41) is 4.35. The molecule has 62 heavy (non-hydrogen) atoms. The Labute approximate surface area is 369 Å². The number of rotatable bonds is 7. The Morgan fingerprint density at radius 2 is 0.935 bits per heavy atom. The molecule has 290 valence electrons. The molecule has 0 bridgehead atoms. The van der Waals surface area contributed by atoms with Gasteiger partial charge in [0.15, 0.2) is 17.5 Å². The summed E-state index contributed by atoms with van der Waals surface area (Å²) in [5.41, 5.74) is 10.8. The highest BCUT2D eigenvalue weighted by molar-refractivity contribution is 7.26. The van der Waals surface area contributed by atoms with Gasteiger partial charge in [-0.25, -0.2) is 15.0 Å². The first kappa shape index (κ1) is 31.0. The average molecular weight is 814 g/mol. The third-order valence-corrected chi connectivity index (χ3v) is 12.8. The Morgan fingerprint density at radius 1 is 0.387 bits per heavy atom. The van der Waals surface area contributed by atoms with Crippen LogP contribution >= 0.6 is 11.3 Å². The lowest BCUT2D eigenvalue weighted by Crippen LogP contribution is -2.01. The molecular weight excluding hydrogens is 773 g/mol. The monoisotopic (exact) mass is 813 g/mol. The van der Waals surface area contributed by atoms with Crippen LogP contribution in [0.25, 0.3) is 115 Å². The lowest BCUT2D eigenvalue weighted by molar-refractivity contribution is 1.07. The lowest BCUT2D eigenvalue weighted by atomic mass is 9.95. The van der Waals surface area contributed by atoms with Crippen molar-refractivity contribution in [1.82, 2.24) is 19.5 Å². The van der Waals surface area contributed by atoms with Gasteiger partial charge in [0.05, 0.1) is 17.9 Å². The van der Waals surface area contributed by atoms with Gasteiger partial charge in [-0.2, -0.15) is 0 Å². The number of hydrogen-bond acceptors (Lipinski definition) is 4. The summed E-state index contributed by atoms with van der Waals surface area (Å²) < 4.78 is 48.0. The summed E-state index contributed by atoms with van der Waals surface area (Å²) >= 11 is 1.65. The van der Waals surface area contributed by atoms with E-state index in [2.05, 4.69) is 144 Å². The van der Waals surface area contributed by atoms with E-state index in [0.29, 0.717) is 17.2 Å². The van der Waals surface area contributed by atoms with Crippen LogP contribution in [0.3, 0.4) is 0 Å². The van der Waals surface area contributed by atoms with Gasteiger partial charge in [0.1, 0.15) is 0 Å². The lowest BCUT2D eigenvalue weighted by Gasteiger charge is -2.14. The zero-order valence-electron chi connectivity index (χ0n) is 38.1. The molecule has 0 fully saturated rings. The van der Waals surface area contributed by atoms with Crippen molar-refractivity contribution in [3.05, 3.63) is 218 Å². The highest BCUT2D eigenvalue weighted by Gasteiger charge is 2.22. The number of thiophene rings is 1. The van der Waals surface area contributed by atoms with Crippen LogP contribution < -0.4 is 0 Å². The molecular formula is C57H36N4S. The zero-order chi connectivity index (χ0) is 45.3. The Hall–Kier alpha value is -7.99. The molecule has 0 aliphatic carbocycles. The number of fused-ring (bicyclic) bond motifs is 6. The highest BCUT2D eigenvalue weighted by atomic mass is 32.1. The molecule has 0 aliphatic rings. The quantitative estimate of drug-likeness (QED) is 0.161. The summed E-state index contributed by atoms with van der Waals surface area (Å²) in [4.78, 5) is 15.2. The predicted molar refractivity (Wildman–Crippen MR) is 260 cm³/mol. The van der Waals surface area contributed by atoms with E-state index in [4.69, 9.17) is 21.8 Å². The molecule has 0 radical (unpaired) electrons. The second-order valence-corrected chi connectivity index (χ2v) is 16.3. The largest absolute Gasteiger partial charge is 0.309 e. The Balaban J connectivity index is 1.17. The molecule has 0 N–H and O–H groups in total. The molecule has 3 aromatic heterocycles. The van der Waals surface area contributed by atoms with Gasteiger partial charge in [-0.15, -0.1) is 11.3 Å². The molecule has 0 aliphatic heterocycles. The Morgan fingerprint density at radius 3 is 1.65 bits per heavy atom. The van der Waals surface area contributed by atoms with E-state index in [-0.39, 0.29) is 23.5 Å². The van der Waals surface area contributed by atoms with Crippen molar-refractivity contribution >= 4 is 53.3 Å². The fraction of sp³-hybridized carbons (Fsp3) is 0. The first-order valence-corrected chi connectivity index (χ1v) is 21.3. The van der Waals surface area contributed by atoms with Crippen molar-refractivity contribution in [2.24, 2.45) is 0 Å². The summed E-state index contributed by atoms with van der Waals surface area (Å²) in [6, 6.07) is 62.6. The van der Waals surface area contributed by atoms with Crippen molar-refractivity contribution in [3.8, 4) is 73.2 Å². The average Bonchev–Trinajstić information content (AvgIpc) is 3.94. The third kappa shape index (κ3) is 6.18. The van der Waals surface area contributed by atoms with Crippen LogP contribution in [-0.4, -0.2) is 19.5 Å². The highest BCUT2D eigenvalue weighted by Crippen LogP contribution is 2.46. The van der Waals surface area contributed by atoms with Gasteiger partial charge in [0.25, 0.3) is 0 Å². The zero-order valence-corrected chi connectivity index (χ0v) is 33.9.